The van der Waals surface area contributed by atoms with Crippen molar-refractivity contribution in [2.24, 2.45) is 10.8 Å². The maximum Gasteiger partial charge on any atom is 0.321 e. The Morgan fingerprint density at radius 2 is 1.64 bits per heavy atom. The first-order valence-corrected chi connectivity index (χ1v) is 13.6. The van der Waals surface area contributed by atoms with E-state index in [1.165, 1.54) is 17.2 Å². The summed E-state index contributed by atoms with van der Waals surface area (Å²) in [5, 5.41) is 2.90. The molecule has 39 heavy (non-hydrogen) atoms. The lowest BCUT2D eigenvalue weighted by atomic mass is 9.71. The number of halogens is 3. The summed E-state index contributed by atoms with van der Waals surface area (Å²) in [4.78, 5) is 35.4. The number of pyridine rings is 1. The van der Waals surface area contributed by atoms with Gasteiger partial charge in [0.1, 0.15) is 5.82 Å². The number of alkyl halides is 2. The van der Waals surface area contributed by atoms with Crippen LogP contribution in [0.2, 0.25) is 0 Å². The molecule has 3 amide bonds. The second-order valence-electron chi connectivity index (χ2n) is 12.5. The van der Waals surface area contributed by atoms with E-state index in [2.05, 4.69) is 31.1 Å². The van der Waals surface area contributed by atoms with E-state index in [4.69, 9.17) is 0 Å². The number of hydrogen-bond donors (Lipinski definition) is 1. The average molecular weight is 544 g/mol. The number of nitrogens with zero attached hydrogens (tertiary/aromatic N) is 4. The minimum absolute atomic E-state index is 0.0310. The Morgan fingerprint density at radius 1 is 0.949 bits per heavy atom. The summed E-state index contributed by atoms with van der Waals surface area (Å²) in [7, 11) is 0. The second-order valence-corrected chi connectivity index (χ2v) is 12.5. The first kappa shape index (κ1) is 27.3. The van der Waals surface area contributed by atoms with E-state index in [1.807, 2.05) is 4.90 Å². The van der Waals surface area contributed by atoms with Crippen LogP contribution in [0.4, 0.5) is 29.5 Å². The van der Waals surface area contributed by atoms with E-state index in [0.29, 0.717) is 38.2 Å². The van der Waals surface area contributed by atoms with Gasteiger partial charge in [0, 0.05) is 68.3 Å². The molecule has 3 aliphatic rings. The van der Waals surface area contributed by atoms with Crippen LogP contribution in [0.1, 0.15) is 46.5 Å². The Labute approximate surface area is 227 Å². The summed E-state index contributed by atoms with van der Waals surface area (Å²) < 4.78 is 42.9. The number of benzene rings is 1. The maximum atomic E-state index is 14.8. The van der Waals surface area contributed by atoms with Gasteiger partial charge in [-0.3, -0.25) is 4.79 Å². The van der Waals surface area contributed by atoms with Crippen LogP contribution < -0.4 is 10.2 Å². The number of rotatable bonds is 4. The molecule has 0 radical (unpaired) electrons. The molecule has 0 atom stereocenters. The average Bonchev–Trinajstić information content (AvgIpc) is 3.21. The number of anilines is 2. The summed E-state index contributed by atoms with van der Waals surface area (Å²) in [6.07, 6.45) is 3.21. The molecular weight excluding hydrogens is 507 g/mol. The van der Waals surface area contributed by atoms with E-state index in [0.717, 1.165) is 12.8 Å². The van der Waals surface area contributed by atoms with E-state index >= 15 is 0 Å². The van der Waals surface area contributed by atoms with Gasteiger partial charge in [-0.15, -0.1) is 0 Å². The summed E-state index contributed by atoms with van der Waals surface area (Å²) in [5.74, 6) is -2.96. The highest BCUT2D eigenvalue weighted by molar-refractivity contribution is 5.99. The van der Waals surface area contributed by atoms with Crippen LogP contribution in [0.5, 0.6) is 0 Å². The summed E-state index contributed by atoms with van der Waals surface area (Å²) in [6, 6.07) is 7.39. The van der Waals surface area contributed by atoms with Gasteiger partial charge in [-0.2, -0.15) is 0 Å². The van der Waals surface area contributed by atoms with Crippen molar-refractivity contribution in [3.05, 3.63) is 42.3 Å². The highest BCUT2D eigenvalue weighted by Crippen LogP contribution is 2.43. The molecule has 1 N–H and O–H groups in total. The fraction of sp³-hybridized carbons (Fsp3) is 0.552. The van der Waals surface area contributed by atoms with Crippen molar-refractivity contribution in [3.8, 4) is 11.1 Å². The van der Waals surface area contributed by atoms with Crippen molar-refractivity contribution in [3.63, 3.8) is 0 Å². The molecule has 0 unspecified atom stereocenters. The van der Waals surface area contributed by atoms with Crippen LogP contribution in [0, 0.1) is 16.6 Å². The number of nitrogens with one attached hydrogen (secondary N) is 1. The Hall–Kier alpha value is -3.30. The number of amides is 3. The molecule has 1 spiro atoms. The first-order valence-electron chi connectivity index (χ1n) is 13.6. The number of carbonyl (C=O) groups is 2. The Bertz CT molecular complexity index is 1250. The molecule has 3 saturated heterocycles. The minimum Gasteiger partial charge on any atom is -0.349 e. The lowest BCUT2D eigenvalue weighted by Crippen LogP contribution is -2.62. The Balaban J connectivity index is 1.30. The molecule has 1 aromatic heterocycles. The Kier molecular flexibility index (Phi) is 7.01. The smallest absolute Gasteiger partial charge is 0.321 e. The Morgan fingerprint density at radius 3 is 2.26 bits per heavy atom. The number of piperidine rings is 1. The SMILES string of the molecule is CC(C)(C)CC(=O)N1CC2(CCN(C(=O)Nc3c(-c4ccccc4F)ccnc3N3CCC(F)(F)C3)CC2)C1. The summed E-state index contributed by atoms with van der Waals surface area (Å²) in [6.45, 7) is 8.18. The van der Waals surface area contributed by atoms with Crippen molar-refractivity contribution in [1.82, 2.24) is 14.8 Å². The second kappa shape index (κ2) is 10.0. The fourth-order valence-electron chi connectivity index (χ4n) is 5.83. The zero-order valence-corrected chi connectivity index (χ0v) is 22.8. The van der Waals surface area contributed by atoms with Gasteiger partial charge in [-0.25, -0.2) is 22.9 Å². The van der Waals surface area contributed by atoms with Gasteiger partial charge in [-0.05, 0) is 30.4 Å². The molecule has 7 nitrogen and oxygen atoms in total. The molecule has 2 aromatic rings. The van der Waals surface area contributed by atoms with Crippen molar-refractivity contribution < 1.29 is 22.8 Å². The normalized spacial score (nSPS) is 20.2. The highest BCUT2D eigenvalue weighted by Gasteiger charge is 2.47. The van der Waals surface area contributed by atoms with Gasteiger partial charge < -0.3 is 20.0 Å². The van der Waals surface area contributed by atoms with Crippen molar-refractivity contribution >= 4 is 23.4 Å². The van der Waals surface area contributed by atoms with Crippen molar-refractivity contribution in [2.45, 2.75) is 52.4 Å². The fourth-order valence-corrected chi connectivity index (χ4v) is 5.83. The van der Waals surface area contributed by atoms with Gasteiger partial charge in [0.05, 0.1) is 12.2 Å². The number of hydrogen-bond acceptors (Lipinski definition) is 4. The van der Waals surface area contributed by atoms with E-state index in [1.54, 1.807) is 29.2 Å². The van der Waals surface area contributed by atoms with E-state index in [9.17, 15) is 22.8 Å². The van der Waals surface area contributed by atoms with Gasteiger partial charge >= 0.3 is 6.03 Å². The van der Waals surface area contributed by atoms with E-state index in [-0.39, 0.29) is 52.8 Å². The molecule has 5 rings (SSSR count). The van der Waals surface area contributed by atoms with Crippen LogP contribution >= 0.6 is 0 Å². The summed E-state index contributed by atoms with van der Waals surface area (Å²) in [5.41, 5.74) is 0.854. The lowest BCUT2D eigenvalue weighted by molar-refractivity contribution is -0.148. The van der Waals surface area contributed by atoms with Crippen LogP contribution in [-0.4, -0.2) is 71.9 Å². The van der Waals surface area contributed by atoms with Crippen LogP contribution in [0.3, 0.4) is 0 Å². The third-order valence-corrected chi connectivity index (χ3v) is 7.99. The standard InChI is InChI=1S/C29H36F3N5O2/c1-27(2,3)16-23(38)37-17-28(18-37)9-13-35(14-10-28)26(39)34-24-21(20-6-4-5-7-22(20)30)8-12-33-25(24)36-15-11-29(31,32)19-36/h4-8,12H,9-11,13-19H2,1-3H3,(H,34,39). The molecule has 3 fully saturated rings. The quantitative estimate of drug-likeness (QED) is 0.543. The molecule has 1 aromatic carbocycles. The zero-order valence-electron chi connectivity index (χ0n) is 22.8. The molecule has 0 saturated carbocycles. The van der Waals surface area contributed by atoms with Crippen LogP contribution in [0.25, 0.3) is 11.1 Å². The largest absolute Gasteiger partial charge is 0.349 e. The predicted molar refractivity (Wildman–Crippen MR) is 144 cm³/mol. The van der Waals surface area contributed by atoms with Crippen LogP contribution in [-0.2, 0) is 4.79 Å². The van der Waals surface area contributed by atoms with Crippen molar-refractivity contribution in [1.29, 1.82) is 0 Å². The maximum absolute atomic E-state index is 14.8. The number of likely N-dealkylation sites (tertiary alicyclic amines) is 2. The van der Waals surface area contributed by atoms with Gasteiger partial charge in [-0.1, -0.05) is 39.0 Å². The molecule has 3 aliphatic heterocycles. The van der Waals surface area contributed by atoms with Gasteiger partial charge in [0.2, 0.25) is 5.91 Å². The predicted octanol–water partition coefficient (Wildman–Crippen LogP) is 5.63. The number of urea groups is 1. The molecule has 0 aliphatic carbocycles. The molecule has 0 bridgehead atoms. The lowest BCUT2D eigenvalue weighted by Gasteiger charge is -2.54. The number of aromatic nitrogens is 1. The molecule has 210 valence electrons. The first-order chi connectivity index (χ1) is 18.3. The minimum atomic E-state index is -2.86. The molecule has 4 heterocycles. The molecule has 10 heteroatoms. The van der Waals surface area contributed by atoms with E-state index < -0.39 is 18.3 Å². The number of carbonyl (C=O) groups excluding carboxylic acids is 2. The van der Waals surface area contributed by atoms with Crippen molar-refractivity contribution in [2.75, 3.05) is 49.5 Å². The molecular formula is C29H36F3N5O2. The van der Waals surface area contributed by atoms with Gasteiger partial charge in [0.15, 0.2) is 5.82 Å². The van der Waals surface area contributed by atoms with Gasteiger partial charge in [0.25, 0.3) is 5.92 Å². The monoisotopic (exact) mass is 543 g/mol. The highest BCUT2D eigenvalue weighted by atomic mass is 19.3. The third kappa shape index (κ3) is 5.84. The zero-order chi connectivity index (χ0) is 28.0. The van der Waals surface area contributed by atoms with Crippen LogP contribution in [0.15, 0.2) is 36.5 Å². The summed E-state index contributed by atoms with van der Waals surface area (Å²) >= 11 is 0. The third-order valence-electron chi connectivity index (χ3n) is 7.99. The topological polar surface area (TPSA) is 68.8 Å².